The van der Waals surface area contributed by atoms with E-state index in [0.717, 1.165) is 0 Å². The Balaban J connectivity index is -0.00000000720. The monoisotopic (exact) mass is 160 g/mol. The highest BCUT2D eigenvalue weighted by Crippen LogP contribution is 1.15. The zero-order valence-corrected chi connectivity index (χ0v) is 5.12. The summed E-state index contributed by atoms with van der Waals surface area (Å²) in [5, 5.41) is 0. The first kappa shape index (κ1) is 22.5. The Labute approximate surface area is 76.3 Å². The molecule has 0 saturated carbocycles. The van der Waals surface area contributed by atoms with Crippen LogP contribution in [0, 0.1) is 0 Å². The smallest absolute Gasteiger partial charge is 0.0228 e. The highest BCUT2D eigenvalue weighted by atomic mass is 13.0. The zero-order chi connectivity index (χ0) is 8.12. The van der Waals surface area contributed by atoms with Crippen LogP contribution < -0.4 is 0 Å². The molecular weight excluding hydrogens is 120 g/mol. The van der Waals surface area contributed by atoms with Crippen LogP contribution in [0.5, 0.6) is 0 Å². The van der Waals surface area contributed by atoms with Crippen LogP contribution in [0.3, 0.4) is 0 Å². The first-order chi connectivity index (χ1) is 4.24. The molecule has 74 valence electrons. The molecule has 0 N–H and O–H groups in total. The van der Waals surface area contributed by atoms with Gasteiger partial charge in [0.25, 0.3) is 0 Å². The molecule has 0 aliphatic heterocycles. The molecule has 0 saturated heterocycles. The summed E-state index contributed by atoms with van der Waals surface area (Å²) in [6.07, 6.45) is 0. The Bertz CT molecular complexity index is 14.9. The van der Waals surface area contributed by atoms with Gasteiger partial charge in [-0.3, -0.25) is 0 Å². The van der Waals surface area contributed by atoms with Crippen LogP contribution >= 0.6 is 0 Å². The summed E-state index contributed by atoms with van der Waals surface area (Å²) in [5.74, 6) is 0. The van der Waals surface area contributed by atoms with Gasteiger partial charge in [0.15, 0.2) is 0 Å². The third-order valence-corrected chi connectivity index (χ3v) is 0. The van der Waals surface area contributed by atoms with Crippen LogP contribution in [0.15, 0.2) is 0 Å². The molecule has 0 aliphatic rings. The summed E-state index contributed by atoms with van der Waals surface area (Å²) < 4.78 is 18.6. The van der Waals surface area contributed by atoms with Gasteiger partial charge in [0.1, 0.15) is 0 Å². The minimum Gasteiger partial charge on any atom is -0.0776 e. The van der Waals surface area contributed by atoms with Gasteiger partial charge < -0.3 is 0 Å². The fraction of sp³-hybridized carbons (Fsp3) is 1.00. The van der Waals surface area contributed by atoms with E-state index < -0.39 is 0 Å². The van der Waals surface area contributed by atoms with E-state index in [-0.39, 0.29) is 29.7 Å². The van der Waals surface area contributed by atoms with E-state index in [4.69, 9.17) is 4.11 Å². The van der Waals surface area contributed by atoms with Gasteiger partial charge in [-0.05, 0) is 0 Å². The van der Waals surface area contributed by atoms with Gasteiger partial charge in [-0.2, -0.15) is 0 Å². The SMILES string of the molecule is C.C.C.C.[3H]CC.[3H]CC.[3H]CC. The van der Waals surface area contributed by atoms with Crippen LogP contribution in [0.1, 0.15) is 75.3 Å². The van der Waals surface area contributed by atoms with E-state index >= 15 is 0 Å². The van der Waals surface area contributed by atoms with Crippen LogP contribution in [0.4, 0.5) is 0 Å². The molecular formula is C10H34. The number of hydrogen-bond acceptors (Lipinski definition) is 0. The third-order valence-electron chi connectivity index (χ3n) is 0. The van der Waals surface area contributed by atoms with Crippen molar-refractivity contribution in [2.75, 3.05) is 0 Å². The standard InChI is InChI=1S/3C2H6.4CH4/c3*1-2;;;;/h3*1-2H3;4*1H4/i3*1T;;;;. The Morgan fingerprint density at radius 1 is 0.600 bits per heavy atom. The van der Waals surface area contributed by atoms with Gasteiger partial charge in [-0.25, -0.2) is 0 Å². The molecule has 0 aromatic heterocycles. The van der Waals surface area contributed by atoms with Crippen molar-refractivity contribution in [3.8, 4) is 0 Å². The lowest BCUT2D eigenvalue weighted by atomic mass is 11.0. The van der Waals surface area contributed by atoms with Gasteiger partial charge in [0, 0.05) is 4.11 Å². The van der Waals surface area contributed by atoms with Gasteiger partial charge in [-0.1, -0.05) is 71.2 Å². The quantitative estimate of drug-likeness (QED) is 0.431. The summed E-state index contributed by atoms with van der Waals surface area (Å²) in [4.78, 5) is 0. The minimum absolute atomic E-state index is 0. The molecule has 0 rings (SSSR count). The lowest BCUT2D eigenvalue weighted by Gasteiger charge is -1.07. The normalized spacial score (nSPS) is 5.70. The molecule has 0 heteroatoms. The maximum Gasteiger partial charge on any atom is 0.0228 e. The van der Waals surface area contributed by atoms with E-state index in [1.165, 1.54) is 0 Å². The van der Waals surface area contributed by atoms with Crippen molar-refractivity contribution in [1.82, 2.24) is 0 Å². The van der Waals surface area contributed by atoms with Crippen LogP contribution in [0.25, 0.3) is 0 Å². The predicted octanol–water partition coefficient (Wildman–Crippen LogP) is 5.62. The lowest BCUT2D eigenvalue weighted by Crippen LogP contribution is -0.856. The third kappa shape index (κ3) is 0. The van der Waals surface area contributed by atoms with Crippen molar-refractivity contribution >= 4 is 0 Å². The minimum atomic E-state index is 0. The molecule has 0 spiro atoms. The first-order valence-electron chi connectivity index (χ1n) is 4.24. The molecule has 0 atom stereocenters. The summed E-state index contributed by atoms with van der Waals surface area (Å²) in [6, 6.07) is 0. The largest absolute Gasteiger partial charge is 0.0776 e. The zero-order valence-electron chi connectivity index (χ0n) is 8.12. The molecule has 0 radical (unpaired) electrons. The van der Waals surface area contributed by atoms with Gasteiger partial charge >= 0.3 is 0 Å². The second kappa shape index (κ2) is 0. The van der Waals surface area contributed by atoms with Gasteiger partial charge in [0.2, 0.25) is 0 Å². The Hall–Kier alpha value is 0. The molecule has 0 aliphatic carbocycles. The second-order valence-corrected chi connectivity index (χ2v) is 0. The summed E-state index contributed by atoms with van der Waals surface area (Å²) >= 11 is 0. The molecule has 0 amide bonds. The topological polar surface area (TPSA) is 0 Å². The first-order valence-corrected chi connectivity index (χ1v) is 2.12. The maximum absolute atomic E-state index is 6.21. The fourth-order valence-electron chi connectivity index (χ4n) is 0. The van der Waals surface area contributed by atoms with E-state index in [1.54, 1.807) is 20.8 Å². The molecule has 0 unspecified atom stereocenters. The van der Waals surface area contributed by atoms with E-state index in [1.807, 2.05) is 0 Å². The molecule has 0 nitrogen and oxygen atoms in total. The average molecular weight is 160 g/mol. The van der Waals surface area contributed by atoms with Crippen molar-refractivity contribution in [2.45, 2.75) is 71.2 Å². The summed E-state index contributed by atoms with van der Waals surface area (Å²) in [5.41, 5.74) is 0. The number of hydrogen-bond donors (Lipinski definition) is 0. The highest BCUT2D eigenvalue weighted by molar-refractivity contribution is 3.51. The predicted molar refractivity (Wildman–Crippen MR) is 61.0 cm³/mol. The number of rotatable bonds is 0. The molecule has 0 aromatic carbocycles. The van der Waals surface area contributed by atoms with Gasteiger partial charge in [0.05, 0.1) is 0 Å². The summed E-state index contributed by atoms with van der Waals surface area (Å²) in [7, 11) is 0. The molecule has 0 bridgehead atoms. The highest BCUT2D eigenvalue weighted by Gasteiger charge is 0.936. The van der Waals surface area contributed by atoms with E-state index in [2.05, 4.69) is 0 Å². The molecule has 0 heterocycles. The molecule has 0 aromatic rings. The lowest BCUT2D eigenvalue weighted by molar-refractivity contribution is 1.50. The van der Waals surface area contributed by atoms with Crippen molar-refractivity contribution in [1.29, 1.82) is 0 Å². The Morgan fingerprint density at radius 3 is 0.600 bits per heavy atom. The Kier molecular flexibility index (Phi) is 0. The van der Waals surface area contributed by atoms with Crippen molar-refractivity contribution in [2.24, 2.45) is 0 Å². The van der Waals surface area contributed by atoms with Crippen molar-refractivity contribution in [3.05, 3.63) is 0 Å². The maximum atomic E-state index is 6.21. The second-order valence-electron chi connectivity index (χ2n) is 0. The Morgan fingerprint density at radius 2 is 0.600 bits per heavy atom. The van der Waals surface area contributed by atoms with Crippen molar-refractivity contribution in [3.63, 3.8) is 0 Å². The van der Waals surface area contributed by atoms with E-state index in [9.17, 15) is 0 Å². The fourth-order valence-corrected chi connectivity index (χ4v) is 0. The average Bonchev–Trinajstić information content (AvgIpc) is 1.70. The van der Waals surface area contributed by atoms with Crippen LogP contribution in [-0.4, -0.2) is 0 Å². The van der Waals surface area contributed by atoms with Crippen LogP contribution in [0.2, 0.25) is 0 Å². The summed E-state index contributed by atoms with van der Waals surface area (Å²) in [6.45, 7) is 6.88. The molecule has 10 heavy (non-hydrogen) atoms. The van der Waals surface area contributed by atoms with Crippen molar-refractivity contribution < 1.29 is 4.11 Å². The van der Waals surface area contributed by atoms with Gasteiger partial charge in [-0.15, -0.1) is 0 Å². The van der Waals surface area contributed by atoms with E-state index in [0.29, 0.717) is 20.7 Å². The molecule has 0 fully saturated rings. The van der Waals surface area contributed by atoms with Crippen LogP contribution in [-0.2, 0) is 0 Å².